The summed E-state index contributed by atoms with van der Waals surface area (Å²) < 4.78 is 18.2. The van der Waals surface area contributed by atoms with Crippen LogP contribution in [-0.4, -0.2) is 60.8 Å². The molecule has 2 aromatic rings. The fourth-order valence-corrected chi connectivity index (χ4v) is 3.23. The maximum Gasteiger partial charge on any atom is 0.353 e. The Bertz CT molecular complexity index is 811. The highest BCUT2D eigenvalue weighted by molar-refractivity contribution is 5.71. The molecule has 1 aromatic carbocycles. The molecule has 150 valence electrons. The number of methoxy groups -OCH3 is 1. The summed E-state index contributed by atoms with van der Waals surface area (Å²) in [6.07, 6.45) is 1.33. The number of ether oxygens (including phenoxy) is 1. The normalized spacial score (nSPS) is 15.4. The van der Waals surface area contributed by atoms with Gasteiger partial charge in [-0.25, -0.2) is 14.4 Å². The Hall–Kier alpha value is -3.01. The molecule has 9 nitrogen and oxygen atoms in total. The topological polar surface area (TPSA) is 96.7 Å². The van der Waals surface area contributed by atoms with E-state index in [0.717, 1.165) is 5.69 Å². The number of nitrogens with one attached hydrogen (secondary N) is 1. The van der Waals surface area contributed by atoms with Gasteiger partial charge in [0, 0.05) is 45.0 Å². The van der Waals surface area contributed by atoms with Crippen LogP contribution in [0.3, 0.4) is 0 Å². The van der Waals surface area contributed by atoms with Crippen molar-refractivity contribution in [2.45, 2.75) is 13.0 Å². The summed E-state index contributed by atoms with van der Waals surface area (Å²) in [6.45, 7) is 4.67. The van der Waals surface area contributed by atoms with Gasteiger partial charge < -0.3 is 19.9 Å². The molecule has 1 fully saturated rings. The average molecular weight is 390 g/mol. The highest BCUT2D eigenvalue weighted by Crippen LogP contribution is 2.33. The van der Waals surface area contributed by atoms with E-state index in [2.05, 4.69) is 20.2 Å². The summed E-state index contributed by atoms with van der Waals surface area (Å²) in [7, 11) is 1.57. The molecule has 3 rings (SSSR count). The number of benzene rings is 1. The third-order valence-electron chi connectivity index (χ3n) is 4.56. The van der Waals surface area contributed by atoms with Gasteiger partial charge in [0.2, 0.25) is 11.6 Å². The summed E-state index contributed by atoms with van der Waals surface area (Å²) in [5.74, 6) is 0.202. The largest absolute Gasteiger partial charge is 0.383 e. The minimum Gasteiger partial charge on any atom is -0.383 e. The maximum absolute atomic E-state index is 13.1. The molecule has 1 aromatic heterocycles. The molecule has 1 atom stereocenters. The van der Waals surface area contributed by atoms with E-state index in [1.165, 1.54) is 18.5 Å². The quantitative estimate of drug-likeness (QED) is 0.568. The summed E-state index contributed by atoms with van der Waals surface area (Å²) in [6, 6.07) is 6.18. The molecular weight excluding hydrogens is 367 g/mol. The first-order valence-electron chi connectivity index (χ1n) is 9.00. The van der Waals surface area contributed by atoms with E-state index in [1.54, 1.807) is 19.2 Å². The molecule has 0 aliphatic carbocycles. The first kappa shape index (κ1) is 19.7. The number of hydrogen-bond acceptors (Lipinski definition) is 8. The van der Waals surface area contributed by atoms with E-state index >= 15 is 0 Å². The van der Waals surface area contributed by atoms with Gasteiger partial charge in [-0.15, -0.1) is 0 Å². The molecule has 1 aliphatic heterocycles. The van der Waals surface area contributed by atoms with Crippen LogP contribution in [0, 0.1) is 15.9 Å². The maximum atomic E-state index is 13.1. The Kier molecular flexibility index (Phi) is 6.19. The monoisotopic (exact) mass is 390 g/mol. The molecule has 0 amide bonds. The average Bonchev–Trinajstić information content (AvgIpc) is 2.68. The number of hydrogen-bond donors (Lipinski definition) is 1. The minimum atomic E-state index is -0.455. The van der Waals surface area contributed by atoms with Gasteiger partial charge in [0.15, 0.2) is 0 Å². The fourth-order valence-electron chi connectivity index (χ4n) is 3.23. The predicted molar refractivity (Wildman–Crippen MR) is 104 cm³/mol. The van der Waals surface area contributed by atoms with Gasteiger partial charge in [-0.05, 0) is 31.2 Å². The van der Waals surface area contributed by atoms with Crippen LogP contribution < -0.4 is 15.1 Å². The summed E-state index contributed by atoms with van der Waals surface area (Å²) >= 11 is 0. The number of rotatable bonds is 7. The molecule has 0 bridgehead atoms. The molecule has 1 N–H and O–H groups in total. The summed E-state index contributed by atoms with van der Waals surface area (Å²) in [4.78, 5) is 23.5. The Balaban J connectivity index is 1.76. The standard InChI is InChI=1S/C18H23FN6O3/c1-13(11-28-2)22-17-16(25(26)27)18(21-12-20-17)24-9-7-23(8-10-24)15-5-3-14(19)4-6-15/h3-6,12-13H,7-11H2,1-2H3,(H,20,21,22). The third kappa shape index (κ3) is 4.45. The lowest BCUT2D eigenvalue weighted by Gasteiger charge is -2.36. The van der Waals surface area contributed by atoms with Crippen molar-refractivity contribution in [1.29, 1.82) is 0 Å². The van der Waals surface area contributed by atoms with E-state index in [4.69, 9.17) is 4.74 Å². The molecule has 0 saturated carbocycles. The lowest BCUT2D eigenvalue weighted by Crippen LogP contribution is -2.47. The van der Waals surface area contributed by atoms with Gasteiger partial charge in [-0.1, -0.05) is 0 Å². The first-order chi connectivity index (χ1) is 13.5. The number of nitro groups is 1. The van der Waals surface area contributed by atoms with Gasteiger partial charge >= 0.3 is 5.69 Å². The van der Waals surface area contributed by atoms with Crippen LogP contribution in [0.1, 0.15) is 6.92 Å². The second-order valence-electron chi connectivity index (χ2n) is 6.60. The number of aromatic nitrogens is 2. The van der Waals surface area contributed by atoms with E-state index in [9.17, 15) is 14.5 Å². The second kappa shape index (κ2) is 8.79. The molecule has 2 heterocycles. The van der Waals surface area contributed by atoms with Crippen LogP contribution in [0.15, 0.2) is 30.6 Å². The van der Waals surface area contributed by atoms with Gasteiger partial charge in [0.1, 0.15) is 12.1 Å². The predicted octanol–water partition coefficient (Wildman–Crippen LogP) is 2.30. The fraction of sp³-hybridized carbons (Fsp3) is 0.444. The zero-order valence-electron chi connectivity index (χ0n) is 15.8. The number of nitrogens with zero attached hydrogens (tertiary/aromatic N) is 5. The van der Waals surface area contributed by atoms with Gasteiger partial charge in [-0.3, -0.25) is 10.1 Å². The SMILES string of the molecule is COCC(C)Nc1ncnc(N2CCN(c3ccc(F)cc3)CC2)c1[N+](=O)[O-]. The first-order valence-corrected chi connectivity index (χ1v) is 9.00. The van der Waals surface area contributed by atoms with Gasteiger partial charge in [0.05, 0.1) is 11.5 Å². The van der Waals surface area contributed by atoms with Crippen LogP contribution in [0.2, 0.25) is 0 Å². The van der Waals surface area contributed by atoms with Crippen LogP contribution in [0.4, 0.5) is 27.4 Å². The molecule has 0 radical (unpaired) electrons. The van der Waals surface area contributed by atoms with Crippen molar-refractivity contribution in [3.8, 4) is 0 Å². The van der Waals surface area contributed by atoms with E-state index < -0.39 is 4.92 Å². The second-order valence-corrected chi connectivity index (χ2v) is 6.60. The smallest absolute Gasteiger partial charge is 0.353 e. The van der Waals surface area contributed by atoms with E-state index in [1.807, 2.05) is 11.8 Å². The van der Waals surface area contributed by atoms with Crippen molar-refractivity contribution in [2.75, 3.05) is 55.0 Å². The van der Waals surface area contributed by atoms with Crippen LogP contribution in [0.5, 0.6) is 0 Å². The lowest BCUT2D eigenvalue weighted by atomic mass is 10.2. The Labute approximate surface area is 162 Å². The molecule has 10 heteroatoms. The van der Waals surface area contributed by atoms with Crippen molar-refractivity contribution in [2.24, 2.45) is 0 Å². The molecule has 1 saturated heterocycles. The van der Waals surface area contributed by atoms with Crippen molar-refractivity contribution in [3.63, 3.8) is 0 Å². The van der Waals surface area contributed by atoms with Gasteiger partial charge in [-0.2, -0.15) is 0 Å². The van der Waals surface area contributed by atoms with Crippen LogP contribution in [-0.2, 0) is 4.74 Å². The Morgan fingerprint density at radius 3 is 2.46 bits per heavy atom. The summed E-state index contributed by atoms with van der Waals surface area (Å²) in [5, 5.41) is 14.7. The van der Waals surface area contributed by atoms with Crippen LogP contribution >= 0.6 is 0 Å². The lowest BCUT2D eigenvalue weighted by molar-refractivity contribution is -0.383. The van der Waals surface area contributed by atoms with E-state index in [-0.39, 0.29) is 23.4 Å². The number of anilines is 3. The van der Waals surface area contributed by atoms with Crippen molar-refractivity contribution in [1.82, 2.24) is 9.97 Å². The highest BCUT2D eigenvalue weighted by atomic mass is 19.1. The Morgan fingerprint density at radius 1 is 1.21 bits per heavy atom. The van der Waals surface area contributed by atoms with Crippen molar-refractivity contribution >= 4 is 23.0 Å². The molecular formula is C18H23FN6O3. The number of piperazine rings is 1. The van der Waals surface area contributed by atoms with Crippen molar-refractivity contribution in [3.05, 3.63) is 46.5 Å². The molecule has 1 aliphatic rings. The molecule has 28 heavy (non-hydrogen) atoms. The van der Waals surface area contributed by atoms with Crippen LogP contribution in [0.25, 0.3) is 0 Å². The zero-order valence-corrected chi connectivity index (χ0v) is 15.8. The van der Waals surface area contributed by atoms with Gasteiger partial charge in [0.25, 0.3) is 0 Å². The number of halogens is 1. The Morgan fingerprint density at radius 2 is 1.86 bits per heavy atom. The van der Waals surface area contributed by atoms with Crippen molar-refractivity contribution < 1.29 is 14.1 Å². The summed E-state index contributed by atoms with van der Waals surface area (Å²) in [5.41, 5.74) is 0.787. The van der Waals surface area contributed by atoms with E-state index in [0.29, 0.717) is 38.6 Å². The highest BCUT2D eigenvalue weighted by Gasteiger charge is 2.29. The molecule has 1 unspecified atom stereocenters. The minimum absolute atomic E-state index is 0.137. The zero-order chi connectivity index (χ0) is 20.1. The third-order valence-corrected chi connectivity index (χ3v) is 4.56. The molecule has 0 spiro atoms.